The van der Waals surface area contributed by atoms with E-state index >= 15 is 0 Å². The van der Waals surface area contributed by atoms with Gasteiger partial charge in [0.2, 0.25) is 11.8 Å². The largest absolute Gasteiger partial charge is 0.406 e. The predicted octanol–water partition coefficient (Wildman–Crippen LogP) is 0.465. The molecule has 0 aliphatic carbocycles. The van der Waals surface area contributed by atoms with Crippen LogP contribution in [0.1, 0.15) is 12.8 Å². The molecule has 5 nitrogen and oxygen atoms in total. The number of hydrogen-bond donors (Lipinski definition) is 1. The Morgan fingerprint density at radius 2 is 1.90 bits per heavy atom. The van der Waals surface area contributed by atoms with Crippen molar-refractivity contribution in [3.8, 4) is 0 Å². The molecule has 1 fully saturated rings. The normalized spacial score (nSPS) is 18.9. The molecular weight excluding hydrogens is 275 g/mol. The number of hydrogen-bond acceptors (Lipinski definition) is 3. The van der Waals surface area contributed by atoms with E-state index in [1.54, 1.807) is 0 Å². The third-order valence-electron chi connectivity index (χ3n) is 3.17. The molecule has 1 unspecified atom stereocenters. The highest BCUT2D eigenvalue weighted by atomic mass is 19.4. The summed E-state index contributed by atoms with van der Waals surface area (Å²) in [5.41, 5.74) is 0. The fourth-order valence-electron chi connectivity index (χ4n) is 2.02. The van der Waals surface area contributed by atoms with Crippen molar-refractivity contribution in [2.75, 3.05) is 40.3 Å². The van der Waals surface area contributed by atoms with Gasteiger partial charge >= 0.3 is 6.18 Å². The van der Waals surface area contributed by atoms with Gasteiger partial charge in [0.15, 0.2) is 0 Å². The van der Waals surface area contributed by atoms with Gasteiger partial charge in [-0.15, -0.1) is 0 Å². The van der Waals surface area contributed by atoms with Crippen LogP contribution in [-0.2, 0) is 9.59 Å². The molecule has 0 aromatic heterocycles. The fourth-order valence-corrected chi connectivity index (χ4v) is 2.02. The lowest BCUT2D eigenvalue weighted by atomic mass is 10.0. The summed E-state index contributed by atoms with van der Waals surface area (Å²) in [4.78, 5) is 25.3. The number of halogens is 3. The van der Waals surface area contributed by atoms with Gasteiger partial charge in [-0.1, -0.05) is 0 Å². The summed E-state index contributed by atoms with van der Waals surface area (Å²) in [7, 11) is 2.89. The average molecular weight is 295 g/mol. The SMILES string of the molecule is CN(C)C(=O)CN(CC(F)(F)F)C(=O)CC1CCNC1. The highest BCUT2D eigenvalue weighted by molar-refractivity contribution is 5.84. The van der Waals surface area contributed by atoms with Gasteiger partial charge < -0.3 is 15.1 Å². The number of alkyl halides is 3. The van der Waals surface area contributed by atoms with Crippen molar-refractivity contribution >= 4 is 11.8 Å². The second-order valence-electron chi connectivity index (χ2n) is 5.22. The number of amides is 2. The van der Waals surface area contributed by atoms with Crippen LogP contribution in [0.4, 0.5) is 13.2 Å². The van der Waals surface area contributed by atoms with E-state index in [4.69, 9.17) is 0 Å². The highest BCUT2D eigenvalue weighted by Crippen LogP contribution is 2.19. The number of carbonyl (C=O) groups is 2. The van der Waals surface area contributed by atoms with Gasteiger partial charge in [0.1, 0.15) is 13.1 Å². The second-order valence-corrected chi connectivity index (χ2v) is 5.22. The van der Waals surface area contributed by atoms with Crippen LogP contribution in [-0.4, -0.2) is 68.1 Å². The highest BCUT2D eigenvalue weighted by Gasteiger charge is 2.34. The second kappa shape index (κ2) is 6.92. The number of nitrogens with zero attached hydrogens (tertiary/aromatic N) is 2. The molecule has 116 valence electrons. The van der Waals surface area contributed by atoms with E-state index in [2.05, 4.69) is 5.32 Å². The van der Waals surface area contributed by atoms with Crippen molar-refractivity contribution in [3.63, 3.8) is 0 Å². The number of nitrogens with one attached hydrogen (secondary N) is 1. The number of carbonyl (C=O) groups excluding carboxylic acids is 2. The van der Waals surface area contributed by atoms with Crippen LogP contribution in [0.25, 0.3) is 0 Å². The molecule has 1 aliphatic heterocycles. The Kier molecular flexibility index (Phi) is 5.79. The molecule has 2 amide bonds. The van der Waals surface area contributed by atoms with Gasteiger partial charge in [0.25, 0.3) is 0 Å². The first-order valence-corrected chi connectivity index (χ1v) is 6.44. The molecular formula is C12H20F3N3O2. The van der Waals surface area contributed by atoms with E-state index < -0.39 is 31.1 Å². The first-order chi connectivity index (χ1) is 9.19. The quantitative estimate of drug-likeness (QED) is 0.802. The summed E-state index contributed by atoms with van der Waals surface area (Å²) in [6.07, 6.45) is -3.69. The molecule has 0 aromatic carbocycles. The minimum Gasteiger partial charge on any atom is -0.347 e. The van der Waals surface area contributed by atoms with Crippen molar-refractivity contribution < 1.29 is 22.8 Å². The molecule has 8 heteroatoms. The Bertz CT molecular complexity index is 352. The molecule has 1 rings (SSSR count). The maximum atomic E-state index is 12.5. The number of rotatable bonds is 5. The van der Waals surface area contributed by atoms with Crippen LogP contribution >= 0.6 is 0 Å². The zero-order valence-corrected chi connectivity index (χ0v) is 11.7. The Morgan fingerprint density at radius 1 is 1.25 bits per heavy atom. The zero-order valence-electron chi connectivity index (χ0n) is 11.7. The lowest BCUT2D eigenvalue weighted by Crippen LogP contribution is -2.45. The molecule has 1 N–H and O–H groups in total. The van der Waals surface area contributed by atoms with Crippen LogP contribution in [0.5, 0.6) is 0 Å². The molecule has 0 spiro atoms. The van der Waals surface area contributed by atoms with Gasteiger partial charge in [0.05, 0.1) is 0 Å². The summed E-state index contributed by atoms with van der Waals surface area (Å²) in [5.74, 6) is -1.09. The van der Waals surface area contributed by atoms with E-state index in [1.165, 1.54) is 19.0 Å². The molecule has 1 saturated heterocycles. The Balaban J connectivity index is 2.64. The van der Waals surface area contributed by atoms with Crippen molar-refractivity contribution in [3.05, 3.63) is 0 Å². The fraction of sp³-hybridized carbons (Fsp3) is 0.833. The van der Waals surface area contributed by atoms with Crippen LogP contribution in [0, 0.1) is 5.92 Å². The molecule has 1 aliphatic rings. The molecule has 1 atom stereocenters. The topological polar surface area (TPSA) is 52.7 Å². The first-order valence-electron chi connectivity index (χ1n) is 6.44. The van der Waals surface area contributed by atoms with Gasteiger partial charge in [-0.05, 0) is 25.4 Å². The summed E-state index contributed by atoms with van der Waals surface area (Å²) in [6, 6.07) is 0. The van der Waals surface area contributed by atoms with E-state index in [9.17, 15) is 22.8 Å². The van der Waals surface area contributed by atoms with E-state index in [-0.39, 0.29) is 12.3 Å². The summed E-state index contributed by atoms with van der Waals surface area (Å²) in [5, 5.41) is 3.06. The monoisotopic (exact) mass is 295 g/mol. The lowest BCUT2D eigenvalue weighted by molar-refractivity contribution is -0.164. The summed E-state index contributed by atoms with van der Waals surface area (Å²) < 4.78 is 37.5. The molecule has 1 heterocycles. The third kappa shape index (κ3) is 5.77. The van der Waals surface area contributed by atoms with Gasteiger partial charge in [-0.2, -0.15) is 13.2 Å². The molecule has 0 aromatic rings. The minimum atomic E-state index is -4.50. The maximum absolute atomic E-state index is 12.5. The zero-order chi connectivity index (χ0) is 15.3. The molecule has 0 radical (unpaired) electrons. The average Bonchev–Trinajstić information content (AvgIpc) is 2.78. The van der Waals surface area contributed by atoms with Gasteiger partial charge in [-0.3, -0.25) is 9.59 Å². The maximum Gasteiger partial charge on any atom is 0.406 e. The standard InChI is InChI=1S/C12H20F3N3O2/c1-17(2)11(20)7-18(8-12(13,14)15)10(19)5-9-3-4-16-6-9/h9,16H,3-8H2,1-2H3. The van der Waals surface area contributed by atoms with Crippen molar-refractivity contribution in [2.24, 2.45) is 5.92 Å². The van der Waals surface area contributed by atoms with Crippen LogP contribution < -0.4 is 5.32 Å². The molecule has 20 heavy (non-hydrogen) atoms. The van der Waals surface area contributed by atoms with Crippen LogP contribution in [0.3, 0.4) is 0 Å². The van der Waals surface area contributed by atoms with E-state index in [1.807, 2.05) is 0 Å². The lowest BCUT2D eigenvalue weighted by Gasteiger charge is -2.25. The molecule has 0 saturated carbocycles. The van der Waals surface area contributed by atoms with Crippen LogP contribution in [0.15, 0.2) is 0 Å². The summed E-state index contributed by atoms with van der Waals surface area (Å²) in [6.45, 7) is -0.516. The molecule has 0 bridgehead atoms. The summed E-state index contributed by atoms with van der Waals surface area (Å²) >= 11 is 0. The number of likely N-dealkylation sites (N-methyl/N-ethyl adjacent to an activating group) is 1. The Labute approximate surface area is 116 Å². The van der Waals surface area contributed by atoms with Gasteiger partial charge in [0, 0.05) is 20.5 Å². The predicted molar refractivity (Wildman–Crippen MR) is 66.9 cm³/mol. The minimum absolute atomic E-state index is 0.0454. The smallest absolute Gasteiger partial charge is 0.347 e. The first kappa shape index (κ1) is 16.7. The third-order valence-corrected chi connectivity index (χ3v) is 3.17. The Morgan fingerprint density at radius 3 is 2.35 bits per heavy atom. The van der Waals surface area contributed by atoms with Crippen molar-refractivity contribution in [1.82, 2.24) is 15.1 Å². The van der Waals surface area contributed by atoms with Crippen molar-refractivity contribution in [2.45, 2.75) is 19.0 Å². The van der Waals surface area contributed by atoms with Crippen LogP contribution in [0.2, 0.25) is 0 Å². The van der Waals surface area contributed by atoms with E-state index in [0.29, 0.717) is 11.4 Å². The van der Waals surface area contributed by atoms with Gasteiger partial charge in [-0.25, -0.2) is 0 Å². The van der Waals surface area contributed by atoms with Crippen molar-refractivity contribution in [1.29, 1.82) is 0 Å². The Hall–Kier alpha value is -1.31. The van der Waals surface area contributed by atoms with E-state index in [0.717, 1.165) is 13.0 Å².